The largest absolute Gasteiger partial charge is 0.370 e. The van der Waals surface area contributed by atoms with Gasteiger partial charge in [-0.05, 0) is 19.1 Å². The molecule has 1 heterocycles. The smallest absolute Gasteiger partial charge is 0.186 e. The van der Waals surface area contributed by atoms with Crippen molar-refractivity contribution in [3.8, 4) is 0 Å². The van der Waals surface area contributed by atoms with Crippen LogP contribution in [0, 0.1) is 12.3 Å². The lowest BCUT2D eigenvalue weighted by Gasteiger charge is -2.04. The summed E-state index contributed by atoms with van der Waals surface area (Å²) in [4.78, 5) is 3.19. The Balaban J connectivity index is 2.16. The van der Waals surface area contributed by atoms with E-state index in [1.54, 1.807) is 0 Å². The van der Waals surface area contributed by atoms with Gasteiger partial charge in [0.1, 0.15) is 0 Å². The summed E-state index contributed by atoms with van der Waals surface area (Å²) in [5.41, 5.74) is 7.38. The number of guanidine groups is 1. The molecule has 72 valence electrons. The van der Waals surface area contributed by atoms with Crippen LogP contribution in [0.15, 0.2) is 12.1 Å². The van der Waals surface area contributed by atoms with Crippen molar-refractivity contribution in [3.05, 3.63) is 23.5 Å². The van der Waals surface area contributed by atoms with Crippen LogP contribution < -0.4 is 16.4 Å². The van der Waals surface area contributed by atoms with Crippen LogP contribution in [0.5, 0.6) is 0 Å². The fraction of sp³-hybridized carbons (Fsp3) is 0.375. The van der Waals surface area contributed by atoms with Gasteiger partial charge in [-0.25, -0.2) is 0 Å². The third-order valence-electron chi connectivity index (χ3n) is 1.61. The fourth-order valence-corrected chi connectivity index (χ4v) is 1.02. The lowest BCUT2D eigenvalue weighted by molar-refractivity contribution is 0.653. The second kappa shape index (κ2) is 4.51. The summed E-state index contributed by atoms with van der Waals surface area (Å²) < 4.78 is 0. The Labute approximate surface area is 77.2 Å². The molecule has 0 amide bonds. The number of nitrogens with two attached hydrogens (primary N) is 1. The van der Waals surface area contributed by atoms with Crippen molar-refractivity contribution in [1.82, 2.24) is 15.6 Å². The normalized spacial score (nSPS) is 9.92. The molecule has 0 unspecified atom stereocenters. The van der Waals surface area contributed by atoms with Gasteiger partial charge in [-0.15, -0.1) is 0 Å². The molecule has 0 fully saturated rings. The minimum absolute atomic E-state index is 0.0184. The van der Waals surface area contributed by atoms with Crippen molar-refractivity contribution in [2.75, 3.05) is 6.67 Å². The van der Waals surface area contributed by atoms with E-state index < -0.39 is 0 Å². The molecule has 0 saturated heterocycles. The number of nitrogens with one attached hydrogen (secondary N) is 4. The summed E-state index contributed by atoms with van der Waals surface area (Å²) in [6.07, 6.45) is 0. The summed E-state index contributed by atoms with van der Waals surface area (Å²) in [6.45, 7) is 3.26. The zero-order chi connectivity index (χ0) is 9.68. The van der Waals surface area contributed by atoms with Crippen molar-refractivity contribution in [3.63, 3.8) is 0 Å². The van der Waals surface area contributed by atoms with Crippen LogP contribution in [0.1, 0.15) is 11.4 Å². The van der Waals surface area contributed by atoms with E-state index in [-0.39, 0.29) is 5.96 Å². The second-order valence-corrected chi connectivity index (χ2v) is 2.86. The number of hydrogen-bond donors (Lipinski definition) is 5. The van der Waals surface area contributed by atoms with Crippen LogP contribution in [0.2, 0.25) is 0 Å². The van der Waals surface area contributed by atoms with Crippen LogP contribution in [-0.4, -0.2) is 17.6 Å². The summed E-state index contributed by atoms with van der Waals surface area (Å²) >= 11 is 0. The van der Waals surface area contributed by atoms with Crippen molar-refractivity contribution in [2.45, 2.75) is 13.5 Å². The van der Waals surface area contributed by atoms with E-state index in [1.165, 1.54) is 0 Å². The molecule has 0 bridgehead atoms. The van der Waals surface area contributed by atoms with Gasteiger partial charge in [-0.3, -0.25) is 10.7 Å². The quantitative estimate of drug-likeness (QED) is 0.194. The first-order valence-corrected chi connectivity index (χ1v) is 4.11. The van der Waals surface area contributed by atoms with E-state index >= 15 is 0 Å². The third kappa shape index (κ3) is 3.62. The standard InChI is InChI=1S/C8H15N5/c1-6-2-3-7(13-6)4-11-5-12-8(9)10/h2-3,11,13H,4-5H2,1H3,(H4,9,10,12). The molecule has 13 heavy (non-hydrogen) atoms. The molecule has 0 atom stereocenters. The number of aromatic nitrogens is 1. The molecule has 0 aliphatic carbocycles. The van der Waals surface area contributed by atoms with Crippen LogP contribution in [0.25, 0.3) is 0 Å². The molecule has 0 spiro atoms. The van der Waals surface area contributed by atoms with Gasteiger partial charge in [0.15, 0.2) is 5.96 Å². The number of aryl methyl sites for hydroxylation is 1. The molecule has 5 heteroatoms. The first-order chi connectivity index (χ1) is 6.18. The molecular formula is C8H15N5. The molecule has 6 N–H and O–H groups in total. The zero-order valence-corrected chi connectivity index (χ0v) is 7.65. The third-order valence-corrected chi connectivity index (χ3v) is 1.61. The van der Waals surface area contributed by atoms with Gasteiger partial charge >= 0.3 is 0 Å². The maximum Gasteiger partial charge on any atom is 0.186 e. The molecule has 1 aromatic heterocycles. The van der Waals surface area contributed by atoms with Crippen LogP contribution in [-0.2, 0) is 6.54 Å². The monoisotopic (exact) mass is 181 g/mol. The Morgan fingerprint density at radius 2 is 2.38 bits per heavy atom. The highest BCUT2D eigenvalue weighted by Gasteiger charge is 1.93. The predicted octanol–water partition coefficient (Wildman–Crippen LogP) is -0.147. The van der Waals surface area contributed by atoms with Crippen molar-refractivity contribution < 1.29 is 0 Å². The minimum atomic E-state index is -0.0184. The summed E-state index contributed by atoms with van der Waals surface area (Å²) in [6, 6.07) is 4.05. The molecule has 0 radical (unpaired) electrons. The molecule has 1 aromatic rings. The van der Waals surface area contributed by atoms with E-state index in [9.17, 15) is 0 Å². The number of hydrogen-bond acceptors (Lipinski definition) is 2. The SMILES string of the molecule is Cc1ccc(CNCNC(=N)N)[nH]1. The summed E-state index contributed by atoms with van der Waals surface area (Å²) in [5, 5.41) is 12.6. The second-order valence-electron chi connectivity index (χ2n) is 2.86. The van der Waals surface area contributed by atoms with Crippen LogP contribution in [0.4, 0.5) is 0 Å². The molecule has 0 saturated carbocycles. The van der Waals surface area contributed by atoms with Gasteiger partial charge in [0, 0.05) is 17.9 Å². The maximum atomic E-state index is 6.90. The van der Waals surface area contributed by atoms with E-state index in [0.29, 0.717) is 6.67 Å². The molecular weight excluding hydrogens is 166 g/mol. The highest BCUT2D eigenvalue weighted by Crippen LogP contribution is 1.98. The average molecular weight is 181 g/mol. The van der Waals surface area contributed by atoms with E-state index in [4.69, 9.17) is 11.1 Å². The fourth-order valence-electron chi connectivity index (χ4n) is 1.02. The highest BCUT2D eigenvalue weighted by molar-refractivity contribution is 5.74. The minimum Gasteiger partial charge on any atom is -0.370 e. The van der Waals surface area contributed by atoms with Gasteiger partial charge in [0.25, 0.3) is 0 Å². The maximum absolute atomic E-state index is 6.90. The lowest BCUT2D eigenvalue weighted by atomic mass is 10.4. The van der Waals surface area contributed by atoms with Gasteiger partial charge in [-0.2, -0.15) is 0 Å². The molecule has 0 aliphatic heterocycles. The van der Waals surface area contributed by atoms with Crippen molar-refractivity contribution in [1.29, 1.82) is 5.41 Å². The molecule has 1 rings (SSSR count). The Morgan fingerprint density at radius 1 is 1.62 bits per heavy atom. The molecule has 0 aromatic carbocycles. The van der Waals surface area contributed by atoms with Gasteiger partial charge in [0.05, 0.1) is 6.67 Å². The van der Waals surface area contributed by atoms with Crippen LogP contribution >= 0.6 is 0 Å². The highest BCUT2D eigenvalue weighted by atomic mass is 15.1. The van der Waals surface area contributed by atoms with Crippen molar-refractivity contribution in [2.24, 2.45) is 5.73 Å². The van der Waals surface area contributed by atoms with E-state index in [2.05, 4.69) is 15.6 Å². The molecule has 5 nitrogen and oxygen atoms in total. The first kappa shape index (κ1) is 9.60. The Kier molecular flexibility index (Phi) is 3.33. The van der Waals surface area contributed by atoms with Crippen LogP contribution in [0.3, 0.4) is 0 Å². The number of rotatable bonds is 4. The number of aromatic amines is 1. The summed E-state index contributed by atoms with van der Waals surface area (Å²) in [5.74, 6) is -0.0184. The number of H-pyrrole nitrogens is 1. The molecule has 0 aliphatic rings. The first-order valence-electron chi connectivity index (χ1n) is 4.11. The van der Waals surface area contributed by atoms with Crippen molar-refractivity contribution >= 4 is 5.96 Å². The Morgan fingerprint density at radius 3 is 2.92 bits per heavy atom. The van der Waals surface area contributed by atoms with Gasteiger partial charge in [-0.1, -0.05) is 0 Å². The van der Waals surface area contributed by atoms with E-state index in [0.717, 1.165) is 17.9 Å². The van der Waals surface area contributed by atoms with E-state index in [1.807, 2.05) is 19.1 Å². The zero-order valence-electron chi connectivity index (χ0n) is 7.65. The Bertz CT molecular complexity index is 278. The van der Waals surface area contributed by atoms with Gasteiger partial charge < -0.3 is 16.0 Å². The average Bonchev–Trinajstić information content (AvgIpc) is 2.45. The summed E-state index contributed by atoms with van der Waals surface area (Å²) in [7, 11) is 0. The lowest BCUT2D eigenvalue weighted by Crippen LogP contribution is -2.37. The Hall–Kier alpha value is -1.49. The topological polar surface area (TPSA) is 89.7 Å². The predicted molar refractivity (Wildman–Crippen MR) is 52.3 cm³/mol. The van der Waals surface area contributed by atoms with Gasteiger partial charge in [0.2, 0.25) is 0 Å².